The van der Waals surface area contributed by atoms with E-state index in [1.54, 1.807) is 0 Å². The highest BCUT2D eigenvalue weighted by Crippen LogP contribution is 2.32. The van der Waals surface area contributed by atoms with Crippen molar-refractivity contribution in [1.82, 2.24) is 0 Å². The zero-order valence-corrected chi connectivity index (χ0v) is 5.63. The Morgan fingerprint density at radius 2 is 2.29 bits per heavy atom. The van der Waals surface area contributed by atoms with Gasteiger partial charge in [0.15, 0.2) is 0 Å². The Bertz CT molecular complexity index is 48.1. The van der Waals surface area contributed by atoms with Gasteiger partial charge in [-0.3, -0.25) is 0 Å². The molecule has 0 aliphatic heterocycles. The zero-order valence-electron chi connectivity index (χ0n) is 4.81. The monoisotopic (exact) mass is 116 g/mol. The third-order valence-electron chi connectivity index (χ3n) is 1.43. The van der Waals surface area contributed by atoms with E-state index >= 15 is 0 Å². The highest BCUT2D eigenvalue weighted by molar-refractivity contribution is 7.98. The maximum atomic E-state index is 2.18. The Morgan fingerprint density at radius 3 is 2.71 bits per heavy atom. The molecule has 0 aromatic carbocycles. The summed E-state index contributed by atoms with van der Waals surface area (Å²) in [5.41, 5.74) is 0. The summed E-state index contributed by atoms with van der Waals surface area (Å²) >= 11 is 1.97. The molecule has 0 atom stereocenters. The second-order valence-electron chi connectivity index (χ2n) is 2.22. The van der Waals surface area contributed by atoms with Crippen molar-refractivity contribution in [2.24, 2.45) is 5.92 Å². The first-order valence-corrected chi connectivity index (χ1v) is 4.32. The van der Waals surface area contributed by atoms with Crippen molar-refractivity contribution in [3.05, 3.63) is 0 Å². The van der Waals surface area contributed by atoms with E-state index in [4.69, 9.17) is 0 Å². The number of rotatable bonds is 3. The summed E-state index contributed by atoms with van der Waals surface area (Å²) in [5.74, 6) is 2.51. The average molecular weight is 116 g/mol. The van der Waals surface area contributed by atoms with Gasteiger partial charge in [-0.1, -0.05) is 12.8 Å². The molecular weight excluding hydrogens is 104 g/mol. The van der Waals surface area contributed by atoms with Crippen molar-refractivity contribution >= 4 is 11.8 Å². The van der Waals surface area contributed by atoms with Crippen LogP contribution >= 0.6 is 11.8 Å². The molecule has 0 amide bonds. The molecule has 0 bridgehead atoms. The molecule has 0 heterocycles. The van der Waals surface area contributed by atoms with E-state index in [1.807, 2.05) is 11.8 Å². The molecule has 0 N–H and O–H groups in total. The van der Waals surface area contributed by atoms with Gasteiger partial charge in [0.25, 0.3) is 0 Å². The van der Waals surface area contributed by atoms with Crippen LogP contribution in [0.1, 0.15) is 19.3 Å². The minimum Gasteiger partial charge on any atom is -0.165 e. The Kier molecular flexibility index (Phi) is 2.04. The third-order valence-corrected chi connectivity index (χ3v) is 2.07. The van der Waals surface area contributed by atoms with Crippen molar-refractivity contribution in [3.63, 3.8) is 0 Å². The molecule has 42 valence electrons. The van der Waals surface area contributed by atoms with E-state index in [-0.39, 0.29) is 0 Å². The molecule has 0 spiro atoms. The molecule has 1 aliphatic carbocycles. The fourth-order valence-corrected chi connectivity index (χ4v) is 1.26. The minimum absolute atomic E-state index is 1.13. The summed E-state index contributed by atoms with van der Waals surface area (Å²) in [6, 6.07) is 0. The van der Waals surface area contributed by atoms with E-state index < -0.39 is 0 Å². The van der Waals surface area contributed by atoms with Gasteiger partial charge in [-0.2, -0.15) is 11.8 Å². The second kappa shape index (κ2) is 2.61. The summed E-state index contributed by atoms with van der Waals surface area (Å²) in [5, 5.41) is 0. The van der Waals surface area contributed by atoms with Gasteiger partial charge in [-0.05, 0) is 24.3 Å². The van der Waals surface area contributed by atoms with Crippen molar-refractivity contribution in [2.45, 2.75) is 19.3 Å². The summed E-state index contributed by atoms with van der Waals surface area (Å²) in [4.78, 5) is 0. The molecule has 1 saturated carbocycles. The molecule has 7 heavy (non-hydrogen) atoms. The molecule has 1 fully saturated rings. The molecule has 1 aliphatic rings. The van der Waals surface area contributed by atoms with Crippen molar-refractivity contribution in [3.8, 4) is 0 Å². The molecule has 0 unspecified atom stereocenters. The molecule has 1 rings (SSSR count). The number of hydrogen-bond donors (Lipinski definition) is 0. The average Bonchev–Trinajstić information content (AvgIpc) is 2.42. The van der Waals surface area contributed by atoms with Crippen LogP contribution in [0, 0.1) is 5.92 Å². The topological polar surface area (TPSA) is 0 Å². The lowest BCUT2D eigenvalue weighted by Crippen LogP contribution is -1.77. The van der Waals surface area contributed by atoms with Crippen LogP contribution in [0.5, 0.6) is 0 Å². The smallest absolute Gasteiger partial charge is 0.00677 e. The van der Waals surface area contributed by atoms with Crippen LogP contribution in [-0.4, -0.2) is 12.0 Å². The van der Waals surface area contributed by atoms with Gasteiger partial charge in [0.1, 0.15) is 0 Å². The standard InChI is InChI=1S/C6H12S/c1-7-5-4-6-2-3-6/h6H,2-5H2,1H3. The first-order chi connectivity index (χ1) is 3.43. The molecule has 0 radical (unpaired) electrons. The Balaban J connectivity index is 1.80. The summed E-state index contributed by atoms with van der Waals surface area (Å²) in [6.45, 7) is 0. The zero-order chi connectivity index (χ0) is 5.11. The van der Waals surface area contributed by atoms with E-state index in [1.165, 1.54) is 25.0 Å². The fraction of sp³-hybridized carbons (Fsp3) is 1.00. The first-order valence-electron chi connectivity index (χ1n) is 2.92. The van der Waals surface area contributed by atoms with Crippen LogP contribution in [0.3, 0.4) is 0 Å². The largest absolute Gasteiger partial charge is 0.165 e. The van der Waals surface area contributed by atoms with Gasteiger partial charge < -0.3 is 0 Å². The lowest BCUT2D eigenvalue weighted by Gasteiger charge is -1.88. The van der Waals surface area contributed by atoms with Crippen LogP contribution < -0.4 is 0 Å². The highest BCUT2D eigenvalue weighted by atomic mass is 32.2. The van der Waals surface area contributed by atoms with Gasteiger partial charge in [-0.15, -0.1) is 0 Å². The predicted molar refractivity (Wildman–Crippen MR) is 35.7 cm³/mol. The van der Waals surface area contributed by atoms with Crippen molar-refractivity contribution in [2.75, 3.05) is 12.0 Å². The lowest BCUT2D eigenvalue weighted by atomic mass is 10.3. The number of thioether (sulfide) groups is 1. The van der Waals surface area contributed by atoms with E-state index in [2.05, 4.69) is 6.26 Å². The Labute approximate surface area is 49.7 Å². The van der Waals surface area contributed by atoms with Gasteiger partial charge in [-0.25, -0.2) is 0 Å². The Hall–Kier alpha value is 0.350. The van der Waals surface area contributed by atoms with E-state index in [9.17, 15) is 0 Å². The molecule has 0 nitrogen and oxygen atoms in total. The fourth-order valence-electron chi connectivity index (χ4n) is 0.691. The highest BCUT2D eigenvalue weighted by Gasteiger charge is 2.19. The van der Waals surface area contributed by atoms with Crippen LogP contribution in [0.25, 0.3) is 0 Å². The minimum atomic E-state index is 1.13. The first kappa shape index (κ1) is 5.49. The maximum absolute atomic E-state index is 2.18. The molecular formula is C6H12S. The second-order valence-corrected chi connectivity index (χ2v) is 3.21. The van der Waals surface area contributed by atoms with Crippen LogP contribution in [0.15, 0.2) is 0 Å². The van der Waals surface area contributed by atoms with E-state index in [0.29, 0.717) is 0 Å². The SMILES string of the molecule is CSCCC1CC1. The van der Waals surface area contributed by atoms with Crippen molar-refractivity contribution < 1.29 is 0 Å². The molecule has 0 aromatic heterocycles. The molecule has 1 heteroatoms. The van der Waals surface area contributed by atoms with Crippen molar-refractivity contribution in [1.29, 1.82) is 0 Å². The summed E-state index contributed by atoms with van der Waals surface area (Å²) in [7, 11) is 0. The van der Waals surface area contributed by atoms with Crippen LogP contribution in [-0.2, 0) is 0 Å². The van der Waals surface area contributed by atoms with Gasteiger partial charge in [0.05, 0.1) is 0 Å². The van der Waals surface area contributed by atoms with Gasteiger partial charge in [0.2, 0.25) is 0 Å². The normalized spacial score (nSPS) is 20.1. The van der Waals surface area contributed by atoms with E-state index in [0.717, 1.165) is 5.92 Å². The quantitative estimate of drug-likeness (QED) is 0.544. The third kappa shape index (κ3) is 2.22. The van der Waals surface area contributed by atoms with Gasteiger partial charge >= 0.3 is 0 Å². The van der Waals surface area contributed by atoms with Gasteiger partial charge in [0, 0.05) is 0 Å². The van der Waals surface area contributed by atoms with Crippen LogP contribution in [0.2, 0.25) is 0 Å². The molecule has 0 saturated heterocycles. The Morgan fingerprint density at radius 1 is 1.57 bits per heavy atom. The summed E-state index contributed by atoms with van der Waals surface area (Å²) in [6.07, 6.45) is 6.69. The lowest BCUT2D eigenvalue weighted by molar-refractivity contribution is 0.809. The predicted octanol–water partition coefficient (Wildman–Crippen LogP) is 2.15. The summed E-state index contributed by atoms with van der Waals surface area (Å²) < 4.78 is 0. The number of hydrogen-bond acceptors (Lipinski definition) is 1. The molecule has 0 aromatic rings. The maximum Gasteiger partial charge on any atom is -0.00677 e. The van der Waals surface area contributed by atoms with Crippen LogP contribution in [0.4, 0.5) is 0 Å².